The molecule has 1 fully saturated rings. The minimum absolute atomic E-state index is 0.106. The number of aryl methyl sites for hydroxylation is 1. The number of hydrogen-bond acceptors (Lipinski definition) is 3. The van der Waals surface area contributed by atoms with Crippen LogP contribution in [0, 0.1) is 6.92 Å². The van der Waals surface area contributed by atoms with Crippen LogP contribution in [0.15, 0.2) is 18.2 Å². The molecule has 1 atom stereocenters. The molecule has 1 aromatic rings. The first-order valence-corrected chi connectivity index (χ1v) is 7.65. The lowest BCUT2D eigenvalue weighted by atomic mass is 10.0. The van der Waals surface area contributed by atoms with Gasteiger partial charge in [-0.3, -0.25) is 4.79 Å². The number of carbonyl (C=O) groups is 2. The molecule has 1 saturated heterocycles. The highest BCUT2D eigenvalue weighted by atomic mass is 32.2. The number of hydrogen-bond donors (Lipinski definition) is 2. The van der Waals surface area contributed by atoms with Crippen LogP contribution in [-0.4, -0.2) is 34.0 Å². The summed E-state index contributed by atoms with van der Waals surface area (Å²) < 4.78 is 0.106. The van der Waals surface area contributed by atoms with Crippen LogP contribution in [0.5, 0.6) is 0 Å². The standard InChI is InChI=1S/C15H19NO3S/c1-10-6-11(8-12(7-10)14(18)19)13(17)16-9-15(2)4-3-5-20-15/h6-8H,3-5,9H2,1-2H3,(H,16,17)(H,18,19). The summed E-state index contributed by atoms with van der Waals surface area (Å²) in [6.45, 7) is 4.56. The van der Waals surface area contributed by atoms with Crippen LogP contribution in [0.3, 0.4) is 0 Å². The lowest BCUT2D eigenvalue weighted by Gasteiger charge is -2.22. The summed E-state index contributed by atoms with van der Waals surface area (Å²) in [5.74, 6) is -0.0778. The fourth-order valence-electron chi connectivity index (χ4n) is 2.38. The second kappa shape index (κ2) is 5.87. The molecule has 108 valence electrons. The van der Waals surface area contributed by atoms with Crippen molar-refractivity contribution in [2.24, 2.45) is 0 Å². The molecule has 1 amide bonds. The van der Waals surface area contributed by atoms with E-state index in [-0.39, 0.29) is 16.2 Å². The van der Waals surface area contributed by atoms with Crippen molar-refractivity contribution in [3.8, 4) is 0 Å². The molecule has 2 rings (SSSR count). The molecular formula is C15H19NO3S. The van der Waals surface area contributed by atoms with Gasteiger partial charge in [0.15, 0.2) is 0 Å². The normalized spacial score (nSPS) is 21.7. The zero-order chi connectivity index (χ0) is 14.8. The highest BCUT2D eigenvalue weighted by Gasteiger charge is 2.29. The molecule has 2 N–H and O–H groups in total. The van der Waals surface area contributed by atoms with Gasteiger partial charge < -0.3 is 10.4 Å². The van der Waals surface area contributed by atoms with Crippen molar-refractivity contribution < 1.29 is 14.7 Å². The first kappa shape index (κ1) is 14.9. The summed E-state index contributed by atoms with van der Waals surface area (Å²) in [6.07, 6.45) is 2.29. The van der Waals surface area contributed by atoms with Gasteiger partial charge in [0.05, 0.1) is 5.56 Å². The third-order valence-corrected chi connectivity index (χ3v) is 5.05. The van der Waals surface area contributed by atoms with E-state index >= 15 is 0 Å². The van der Waals surface area contributed by atoms with Gasteiger partial charge in [0.25, 0.3) is 5.91 Å². The molecule has 1 unspecified atom stereocenters. The summed E-state index contributed by atoms with van der Waals surface area (Å²) >= 11 is 1.88. The van der Waals surface area contributed by atoms with E-state index in [0.29, 0.717) is 12.1 Å². The van der Waals surface area contributed by atoms with Crippen LogP contribution in [0.4, 0.5) is 0 Å². The molecule has 0 radical (unpaired) electrons. The molecule has 0 spiro atoms. The predicted molar refractivity (Wildman–Crippen MR) is 80.6 cm³/mol. The van der Waals surface area contributed by atoms with Crippen molar-refractivity contribution in [3.05, 3.63) is 34.9 Å². The maximum absolute atomic E-state index is 12.2. The number of carboxylic acid groups (broad SMARTS) is 1. The topological polar surface area (TPSA) is 66.4 Å². The van der Waals surface area contributed by atoms with E-state index in [0.717, 1.165) is 17.7 Å². The fourth-order valence-corrected chi connectivity index (χ4v) is 3.63. The number of benzene rings is 1. The van der Waals surface area contributed by atoms with Crippen LogP contribution in [-0.2, 0) is 0 Å². The van der Waals surface area contributed by atoms with Gasteiger partial charge in [0.2, 0.25) is 0 Å². The van der Waals surface area contributed by atoms with E-state index in [1.807, 2.05) is 11.8 Å². The molecule has 1 heterocycles. The number of rotatable bonds is 4. The van der Waals surface area contributed by atoms with Crippen molar-refractivity contribution >= 4 is 23.6 Å². The van der Waals surface area contributed by atoms with Crippen molar-refractivity contribution in [2.45, 2.75) is 31.4 Å². The maximum atomic E-state index is 12.2. The Morgan fingerprint density at radius 3 is 2.65 bits per heavy atom. The van der Waals surface area contributed by atoms with E-state index in [9.17, 15) is 9.59 Å². The second-order valence-corrected chi connectivity index (χ2v) is 7.16. The van der Waals surface area contributed by atoms with Gasteiger partial charge in [-0.2, -0.15) is 11.8 Å². The predicted octanol–water partition coefficient (Wildman–Crippen LogP) is 2.71. The van der Waals surface area contributed by atoms with Gasteiger partial charge in [-0.1, -0.05) is 0 Å². The smallest absolute Gasteiger partial charge is 0.335 e. The summed E-state index contributed by atoms with van der Waals surface area (Å²) in [7, 11) is 0. The van der Waals surface area contributed by atoms with Crippen molar-refractivity contribution in [1.82, 2.24) is 5.32 Å². The molecule has 0 saturated carbocycles. The minimum atomic E-state index is -1.01. The lowest BCUT2D eigenvalue weighted by Crippen LogP contribution is -2.36. The molecule has 0 aliphatic carbocycles. The van der Waals surface area contributed by atoms with Gasteiger partial charge in [-0.05, 0) is 56.2 Å². The van der Waals surface area contributed by atoms with Crippen LogP contribution < -0.4 is 5.32 Å². The average Bonchev–Trinajstić information content (AvgIpc) is 2.82. The number of nitrogens with one attached hydrogen (secondary N) is 1. The van der Waals surface area contributed by atoms with Crippen LogP contribution in [0.25, 0.3) is 0 Å². The van der Waals surface area contributed by atoms with E-state index < -0.39 is 5.97 Å². The van der Waals surface area contributed by atoms with Crippen LogP contribution in [0.1, 0.15) is 46.0 Å². The average molecular weight is 293 g/mol. The fraction of sp³-hybridized carbons (Fsp3) is 0.467. The van der Waals surface area contributed by atoms with Crippen LogP contribution >= 0.6 is 11.8 Å². The van der Waals surface area contributed by atoms with Gasteiger partial charge in [-0.25, -0.2) is 4.79 Å². The maximum Gasteiger partial charge on any atom is 0.335 e. The Bertz CT molecular complexity index is 536. The Balaban J connectivity index is 2.07. The molecule has 0 aromatic heterocycles. The summed E-state index contributed by atoms with van der Waals surface area (Å²) in [5, 5.41) is 11.9. The largest absolute Gasteiger partial charge is 0.478 e. The first-order valence-electron chi connectivity index (χ1n) is 6.67. The number of aromatic carboxylic acids is 1. The Morgan fingerprint density at radius 1 is 1.35 bits per heavy atom. The number of amides is 1. The molecule has 0 bridgehead atoms. The summed E-state index contributed by atoms with van der Waals surface area (Å²) in [6, 6.07) is 4.70. The minimum Gasteiger partial charge on any atom is -0.478 e. The summed E-state index contributed by atoms with van der Waals surface area (Å²) in [4.78, 5) is 23.2. The molecule has 1 aromatic carbocycles. The van der Waals surface area contributed by atoms with Crippen molar-refractivity contribution in [3.63, 3.8) is 0 Å². The van der Waals surface area contributed by atoms with Crippen molar-refractivity contribution in [2.75, 3.05) is 12.3 Å². The van der Waals surface area contributed by atoms with Gasteiger partial charge >= 0.3 is 5.97 Å². The molecule has 1 aliphatic rings. The Labute approximate surface area is 123 Å². The monoisotopic (exact) mass is 293 g/mol. The van der Waals surface area contributed by atoms with E-state index in [1.54, 1.807) is 19.1 Å². The molecular weight excluding hydrogens is 274 g/mol. The molecule has 1 aliphatic heterocycles. The van der Waals surface area contributed by atoms with E-state index in [1.165, 1.54) is 12.5 Å². The Hall–Kier alpha value is -1.49. The number of carbonyl (C=O) groups excluding carboxylic acids is 1. The van der Waals surface area contributed by atoms with E-state index in [4.69, 9.17) is 5.11 Å². The van der Waals surface area contributed by atoms with Crippen molar-refractivity contribution in [1.29, 1.82) is 0 Å². The molecule has 20 heavy (non-hydrogen) atoms. The second-order valence-electron chi connectivity index (χ2n) is 5.48. The number of thioether (sulfide) groups is 1. The number of carboxylic acids is 1. The first-order chi connectivity index (χ1) is 9.39. The van der Waals surface area contributed by atoms with Crippen LogP contribution in [0.2, 0.25) is 0 Å². The van der Waals surface area contributed by atoms with E-state index in [2.05, 4.69) is 12.2 Å². The van der Waals surface area contributed by atoms with Gasteiger partial charge in [-0.15, -0.1) is 0 Å². The Morgan fingerprint density at radius 2 is 2.05 bits per heavy atom. The molecule has 5 heteroatoms. The summed E-state index contributed by atoms with van der Waals surface area (Å²) in [5.41, 5.74) is 1.34. The van der Waals surface area contributed by atoms with Gasteiger partial charge in [0, 0.05) is 16.9 Å². The quantitative estimate of drug-likeness (QED) is 0.895. The third-order valence-electron chi connectivity index (χ3n) is 3.51. The highest BCUT2D eigenvalue weighted by Crippen LogP contribution is 2.36. The SMILES string of the molecule is Cc1cc(C(=O)O)cc(C(=O)NCC2(C)CCCS2)c1. The third kappa shape index (κ3) is 3.54. The lowest BCUT2D eigenvalue weighted by molar-refractivity contribution is 0.0696. The highest BCUT2D eigenvalue weighted by molar-refractivity contribution is 8.00. The Kier molecular flexibility index (Phi) is 4.38. The zero-order valence-electron chi connectivity index (χ0n) is 11.7. The molecule has 4 nitrogen and oxygen atoms in total. The zero-order valence-corrected chi connectivity index (χ0v) is 12.5. The van der Waals surface area contributed by atoms with Gasteiger partial charge in [0.1, 0.15) is 0 Å².